The molecule has 0 spiro atoms. The predicted octanol–water partition coefficient (Wildman–Crippen LogP) is 2.71. The lowest BCUT2D eigenvalue weighted by Crippen LogP contribution is -2.25. The lowest BCUT2D eigenvalue weighted by Gasteiger charge is -2.03. The van der Waals surface area contributed by atoms with Crippen LogP contribution in [0, 0.1) is 0 Å². The van der Waals surface area contributed by atoms with Gasteiger partial charge in [0.1, 0.15) is 10.0 Å². The molecule has 3 rings (SSSR count). The van der Waals surface area contributed by atoms with Gasteiger partial charge in [-0.1, -0.05) is 19.1 Å². The molecule has 22 heavy (non-hydrogen) atoms. The van der Waals surface area contributed by atoms with Gasteiger partial charge in [0.15, 0.2) is 0 Å². The number of para-hydroxylation sites is 2. The molecule has 0 fully saturated rings. The molecule has 2 heterocycles. The molecule has 0 amide bonds. The summed E-state index contributed by atoms with van der Waals surface area (Å²) in [6.45, 7) is 2.33. The number of thiophene rings is 1. The monoisotopic (exact) mass is 335 g/mol. The fourth-order valence-electron chi connectivity index (χ4n) is 2.19. The van der Waals surface area contributed by atoms with Crippen LogP contribution in [0.5, 0.6) is 0 Å². The molecule has 3 aromatic rings. The van der Waals surface area contributed by atoms with Gasteiger partial charge in [-0.3, -0.25) is 0 Å². The third-order valence-corrected chi connectivity index (χ3v) is 6.53. The minimum Gasteiger partial charge on any atom is -0.342 e. The summed E-state index contributed by atoms with van der Waals surface area (Å²) in [4.78, 5) is 8.69. The molecular weight excluding hydrogens is 318 g/mol. The van der Waals surface area contributed by atoms with E-state index in [-0.39, 0.29) is 0 Å². The van der Waals surface area contributed by atoms with Crippen LogP contribution in [0.25, 0.3) is 11.0 Å². The van der Waals surface area contributed by atoms with E-state index < -0.39 is 10.0 Å². The first kappa shape index (κ1) is 15.2. The average Bonchev–Trinajstić information content (AvgIpc) is 3.13. The van der Waals surface area contributed by atoms with E-state index in [1.54, 1.807) is 6.07 Å². The second kappa shape index (κ2) is 6.20. The second-order valence-corrected chi connectivity index (χ2v) is 8.08. The van der Waals surface area contributed by atoms with Crippen molar-refractivity contribution in [2.75, 3.05) is 6.54 Å². The van der Waals surface area contributed by atoms with Crippen LogP contribution in [0.15, 0.2) is 40.6 Å². The normalized spacial score (nSPS) is 12.0. The standard InChI is InChI=1S/C15H17N3O2S2/c1-2-11-7-8-15(21-11)22(19,20)16-10-9-14-17-12-5-3-4-6-13(12)18-14/h3-8,16H,2,9-10H2,1H3,(H,17,18). The largest absolute Gasteiger partial charge is 0.342 e. The van der Waals surface area contributed by atoms with Crippen LogP contribution >= 0.6 is 11.3 Å². The van der Waals surface area contributed by atoms with Crippen LogP contribution in [0.4, 0.5) is 0 Å². The van der Waals surface area contributed by atoms with Crippen molar-refractivity contribution in [1.29, 1.82) is 0 Å². The maximum absolute atomic E-state index is 12.2. The molecule has 1 aromatic carbocycles. The molecule has 0 unspecified atom stereocenters. The predicted molar refractivity (Wildman–Crippen MR) is 88.7 cm³/mol. The molecule has 0 saturated carbocycles. The Morgan fingerprint density at radius 3 is 2.77 bits per heavy atom. The topological polar surface area (TPSA) is 74.8 Å². The Labute approximate surface area is 133 Å². The molecule has 0 aliphatic rings. The summed E-state index contributed by atoms with van der Waals surface area (Å²) in [5, 5.41) is 0. The summed E-state index contributed by atoms with van der Waals surface area (Å²) >= 11 is 1.32. The Bertz CT molecular complexity index is 848. The van der Waals surface area contributed by atoms with Gasteiger partial charge in [0.05, 0.1) is 11.0 Å². The first-order valence-corrected chi connectivity index (χ1v) is 9.40. The minimum absolute atomic E-state index is 0.321. The van der Waals surface area contributed by atoms with Gasteiger partial charge in [-0.05, 0) is 30.7 Å². The lowest BCUT2D eigenvalue weighted by atomic mass is 10.3. The van der Waals surface area contributed by atoms with Crippen LogP contribution in [0.1, 0.15) is 17.6 Å². The molecule has 0 atom stereocenters. The van der Waals surface area contributed by atoms with E-state index >= 15 is 0 Å². The minimum atomic E-state index is -3.42. The van der Waals surface area contributed by atoms with Crippen molar-refractivity contribution >= 4 is 32.4 Å². The van der Waals surface area contributed by atoms with Crippen molar-refractivity contribution in [1.82, 2.24) is 14.7 Å². The van der Waals surface area contributed by atoms with Gasteiger partial charge in [0.25, 0.3) is 0 Å². The first-order valence-electron chi connectivity index (χ1n) is 7.10. The summed E-state index contributed by atoms with van der Waals surface area (Å²) in [7, 11) is -3.42. The number of fused-ring (bicyclic) bond motifs is 1. The first-order chi connectivity index (χ1) is 10.6. The van der Waals surface area contributed by atoms with Gasteiger partial charge in [0.2, 0.25) is 10.0 Å². The number of hydrogen-bond acceptors (Lipinski definition) is 4. The molecular formula is C15H17N3O2S2. The van der Waals surface area contributed by atoms with Gasteiger partial charge in [0, 0.05) is 17.8 Å². The van der Waals surface area contributed by atoms with E-state index in [0.717, 1.165) is 28.2 Å². The van der Waals surface area contributed by atoms with Gasteiger partial charge in [-0.2, -0.15) is 0 Å². The summed E-state index contributed by atoms with van der Waals surface area (Å²) < 4.78 is 27.4. The number of H-pyrrole nitrogens is 1. The van der Waals surface area contributed by atoms with Gasteiger partial charge >= 0.3 is 0 Å². The number of aromatic nitrogens is 2. The molecule has 0 aliphatic carbocycles. The number of benzene rings is 1. The smallest absolute Gasteiger partial charge is 0.250 e. The Balaban J connectivity index is 1.64. The molecule has 5 nitrogen and oxygen atoms in total. The van der Waals surface area contributed by atoms with E-state index in [9.17, 15) is 8.42 Å². The van der Waals surface area contributed by atoms with Crippen LogP contribution in [-0.4, -0.2) is 24.9 Å². The second-order valence-electron chi connectivity index (χ2n) is 4.92. The summed E-state index contributed by atoms with van der Waals surface area (Å²) in [5.74, 6) is 0.782. The quantitative estimate of drug-likeness (QED) is 0.727. The molecule has 0 saturated heterocycles. The van der Waals surface area contributed by atoms with Gasteiger partial charge < -0.3 is 4.98 Å². The van der Waals surface area contributed by atoms with Crippen LogP contribution < -0.4 is 4.72 Å². The fraction of sp³-hybridized carbons (Fsp3) is 0.267. The lowest BCUT2D eigenvalue weighted by molar-refractivity contribution is 0.583. The van der Waals surface area contributed by atoms with Crippen molar-refractivity contribution in [2.45, 2.75) is 24.0 Å². The van der Waals surface area contributed by atoms with Crippen LogP contribution in [-0.2, 0) is 22.9 Å². The van der Waals surface area contributed by atoms with Gasteiger partial charge in [-0.25, -0.2) is 18.1 Å². The molecule has 116 valence electrons. The van der Waals surface area contributed by atoms with Crippen LogP contribution in [0.3, 0.4) is 0 Å². The van der Waals surface area contributed by atoms with Gasteiger partial charge in [-0.15, -0.1) is 11.3 Å². The molecule has 0 bridgehead atoms. The zero-order chi connectivity index (χ0) is 15.6. The highest BCUT2D eigenvalue weighted by Crippen LogP contribution is 2.21. The Hall–Kier alpha value is -1.70. The third kappa shape index (κ3) is 3.21. The maximum atomic E-state index is 12.2. The highest BCUT2D eigenvalue weighted by atomic mass is 32.2. The van der Waals surface area contributed by atoms with E-state index in [2.05, 4.69) is 14.7 Å². The molecule has 2 aromatic heterocycles. The third-order valence-electron chi connectivity index (χ3n) is 3.34. The molecule has 0 aliphatic heterocycles. The number of hydrogen-bond donors (Lipinski definition) is 2. The molecule has 0 radical (unpaired) electrons. The fourth-order valence-corrected chi connectivity index (χ4v) is 4.56. The van der Waals surface area contributed by atoms with Crippen molar-refractivity contribution in [2.24, 2.45) is 0 Å². The van der Waals surface area contributed by atoms with Crippen molar-refractivity contribution in [3.63, 3.8) is 0 Å². The van der Waals surface area contributed by atoms with E-state index in [1.807, 2.05) is 37.3 Å². The summed E-state index contributed by atoms with van der Waals surface area (Å²) in [5.41, 5.74) is 1.86. The number of imidazole rings is 1. The zero-order valence-electron chi connectivity index (χ0n) is 12.2. The number of rotatable bonds is 6. The number of sulfonamides is 1. The van der Waals surface area contributed by atoms with Crippen molar-refractivity contribution < 1.29 is 8.42 Å². The van der Waals surface area contributed by atoms with E-state index in [0.29, 0.717) is 17.2 Å². The van der Waals surface area contributed by atoms with Crippen LogP contribution in [0.2, 0.25) is 0 Å². The number of aryl methyl sites for hydroxylation is 1. The Morgan fingerprint density at radius 1 is 1.23 bits per heavy atom. The number of aromatic amines is 1. The highest BCUT2D eigenvalue weighted by Gasteiger charge is 2.16. The van der Waals surface area contributed by atoms with E-state index in [1.165, 1.54) is 11.3 Å². The molecule has 7 heteroatoms. The zero-order valence-corrected chi connectivity index (χ0v) is 13.8. The Morgan fingerprint density at radius 2 is 2.05 bits per heavy atom. The SMILES string of the molecule is CCc1ccc(S(=O)(=O)NCCc2nc3ccccc3[nH]2)s1. The number of nitrogens with one attached hydrogen (secondary N) is 2. The summed E-state index contributed by atoms with van der Waals surface area (Å²) in [6, 6.07) is 11.3. The maximum Gasteiger partial charge on any atom is 0.250 e. The number of nitrogens with zero attached hydrogens (tertiary/aromatic N) is 1. The Kier molecular flexibility index (Phi) is 4.28. The molecule has 2 N–H and O–H groups in total. The van der Waals surface area contributed by atoms with Crippen molar-refractivity contribution in [3.8, 4) is 0 Å². The van der Waals surface area contributed by atoms with E-state index in [4.69, 9.17) is 0 Å². The summed E-state index contributed by atoms with van der Waals surface area (Å²) in [6.07, 6.45) is 1.37. The highest BCUT2D eigenvalue weighted by molar-refractivity contribution is 7.91. The van der Waals surface area contributed by atoms with Crippen molar-refractivity contribution in [3.05, 3.63) is 47.1 Å². The average molecular weight is 335 g/mol.